The van der Waals surface area contributed by atoms with E-state index in [1.54, 1.807) is 18.3 Å². The molecule has 19 heavy (non-hydrogen) atoms. The first-order valence-corrected chi connectivity index (χ1v) is 6.09. The van der Waals surface area contributed by atoms with Crippen LogP contribution < -0.4 is 5.32 Å². The second kappa shape index (κ2) is 6.20. The van der Waals surface area contributed by atoms with Gasteiger partial charge >= 0.3 is 5.97 Å². The summed E-state index contributed by atoms with van der Waals surface area (Å²) in [5.74, 6) is -0.452. The molecule has 0 bridgehead atoms. The Balaban J connectivity index is 2.05. The van der Waals surface area contributed by atoms with E-state index >= 15 is 0 Å². The predicted molar refractivity (Wildman–Crippen MR) is 74.4 cm³/mol. The number of halogens is 1. The number of aromatic nitrogens is 1. The molecule has 1 heterocycles. The van der Waals surface area contributed by atoms with Crippen LogP contribution in [0.3, 0.4) is 0 Å². The van der Waals surface area contributed by atoms with E-state index in [4.69, 9.17) is 11.6 Å². The van der Waals surface area contributed by atoms with Crippen LogP contribution in [0.4, 0.5) is 5.69 Å². The Labute approximate surface area is 116 Å². The molecule has 0 fully saturated rings. The number of nitrogens with zero attached hydrogens (tertiary/aromatic N) is 1. The summed E-state index contributed by atoms with van der Waals surface area (Å²) in [6, 6.07) is 11.0. The molecule has 2 rings (SSSR count). The highest BCUT2D eigenvalue weighted by atomic mass is 35.5. The Kier molecular flexibility index (Phi) is 4.36. The van der Waals surface area contributed by atoms with Crippen molar-refractivity contribution in [1.29, 1.82) is 0 Å². The molecule has 5 heteroatoms. The van der Waals surface area contributed by atoms with Crippen molar-refractivity contribution in [2.75, 3.05) is 12.4 Å². The summed E-state index contributed by atoms with van der Waals surface area (Å²) in [6.45, 7) is 0.616. The summed E-state index contributed by atoms with van der Waals surface area (Å²) < 4.78 is 4.62. The number of anilines is 1. The number of carbonyl (C=O) groups is 1. The van der Waals surface area contributed by atoms with E-state index in [0.717, 1.165) is 11.3 Å². The van der Waals surface area contributed by atoms with Gasteiger partial charge in [-0.1, -0.05) is 23.7 Å². The van der Waals surface area contributed by atoms with Crippen molar-refractivity contribution in [3.8, 4) is 0 Å². The first-order chi connectivity index (χ1) is 9.19. The minimum absolute atomic E-state index is 0.276. The van der Waals surface area contributed by atoms with Crippen molar-refractivity contribution in [2.24, 2.45) is 0 Å². The number of nitrogens with one attached hydrogen (secondary N) is 1. The third-order valence-electron chi connectivity index (χ3n) is 2.54. The monoisotopic (exact) mass is 276 g/mol. The molecule has 0 atom stereocenters. The van der Waals surface area contributed by atoms with Gasteiger partial charge in [0.15, 0.2) is 0 Å². The fraction of sp³-hybridized carbons (Fsp3) is 0.143. The first kappa shape index (κ1) is 13.4. The summed E-state index contributed by atoms with van der Waals surface area (Å²) in [5.41, 5.74) is 2.14. The fourth-order valence-corrected chi connectivity index (χ4v) is 1.82. The minimum Gasteiger partial charge on any atom is -0.464 e. The van der Waals surface area contributed by atoms with Crippen LogP contribution in [0.2, 0.25) is 5.02 Å². The lowest BCUT2D eigenvalue weighted by atomic mass is 10.2. The van der Waals surface area contributed by atoms with Crippen LogP contribution in [0.1, 0.15) is 16.1 Å². The maximum atomic E-state index is 11.4. The molecule has 1 N–H and O–H groups in total. The lowest BCUT2D eigenvalue weighted by Gasteiger charge is -2.07. The van der Waals surface area contributed by atoms with Gasteiger partial charge in [-0.3, -0.25) is 0 Å². The number of rotatable bonds is 4. The second-order valence-corrected chi connectivity index (χ2v) is 4.34. The molecule has 0 spiro atoms. The average Bonchev–Trinajstić information content (AvgIpc) is 2.45. The Hall–Kier alpha value is -2.07. The number of carbonyl (C=O) groups excluding carboxylic acids is 1. The van der Waals surface area contributed by atoms with Gasteiger partial charge in [0, 0.05) is 23.5 Å². The van der Waals surface area contributed by atoms with Crippen LogP contribution in [-0.2, 0) is 11.3 Å². The topological polar surface area (TPSA) is 51.2 Å². The molecule has 0 aliphatic carbocycles. The molecule has 1 aromatic heterocycles. The van der Waals surface area contributed by atoms with Gasteiger partial charge in [-0.15, -0.1) is 0 Å². The smallest absolute Gasteiger partial charge is 0.356 e. The van der Waals surface area contributed by atoms with Gasteiger partial charge in [-0.05, 0) is 29.8 Å². The van der Waals surface area contributed by atoms with E-state index in [0.29, 0.717) is 11.6 Å². The highest BCUT2D eigenvalue weighted by molar-refractivity contribution is 6.30. The summed E-state index contributed by atoms with van der Waals surface area (Å²) >= 11 is 5.91. The molecule has 2 aromatic rings. The number of ether oxygens (including phenoxy) is 1. The van der Waals surface area contributed by atoms with Crippen molar-refractivity contribution in [2.45, 2.75) is 6.54 Å². The van der Waals surface area contributed by atoms with Crippen LogP contribution in [0.15, 0.2) is 42.6 Å². The van der Waals surface area contributed by atoms with Gasteiger partial charge in [0.05, 0.1) is 7.11 Å². The summed E-state index contributed by atoms with van der Waals surface area (Å²) in [7, 11) is 1.33. The van der Waals surface area contributed by atoms with E-state index in [1.165, 1.54) is 7.11 Å². The zero-order valence-electron chi connectivity index (χ0n) is 10.4. The molecule has 98 valence electrons. The second-order valence-electron chi connectivity index (χ2n) is 3.90. The summed E-state index contributed by atoms with van der Waals surface area (Å²) in [5, 5.41) is 3.90. The van der Waals surface area contributed by atoms with Gasteiger partial charge in [-0.2, -0.15) is 0 Å². The third-order valence-corrected chi connectivity index (χ3v) is 2.78. The number of hydrogen-bond donors (Lipinski definition) is 1. The molecule has 0 aliphatic heterocycles. The number of benzene rings is 1. The molecular weight excluding hydrogens is 264 g/mol. The normalized spacial score (nSPS) is 10.0. The maximum Gasteiger partial charge on any atom is 0.356 e. The number of pyridine rings is 1. The van der Waals surface area contributed by atoms with Crippen LogP contribution >= 0.6 is 11.6 Å². The van der Waals surface area contributed by atoms with E-state index in [-0.39, 0.29) is 5.69 Å². The SMILES string of the molecule is COC(=O)c1cc(NCc2cccc(Cl)c2)ccn1. The molecule has 0 amide bonds. The van der Waals surface area contributed by atoms with Crippen LogP contribution in [-0.4, -0.2) is 18.1 Å². The van der Waals surface area contributed by atoms with E-state index in [2.05, 4.69) is 15.0 Å². The molecule has 4 nitrogen and oxygen atoms in total. The van der Waals surface area contributed by atoms with Gasteiger partial charge in [-0.25, -0.2) is 9.78 Å². The predicted octanol–water partition coefficient (Wildman–Crippen LogP) is 3.13. The van der Waals surface area contributed by atoms with Crippen LogP contribution in [0.5, 0.6) is 0 Å². The van der Waals surface area contributed by atoms with Gasteiger partial charge in [0.2, 0.25) is 0 Å². The van der Waals surface area contributed by atoms with Crippen LogP contribution in [0.25, 0.3) is 0 Å². The van der Waals surface area contributed by atoms with Crippen molar-refractivity contribution in [3.05, 3.63) is 58.9 Å². The van der Waals surface area contributed by atoms with Gasteiger partial charge in [0.25, 0.3) is 0 Å². The van der Waals surface area contributed by atoms with Crippen molar-refractivity contribution in [3.63, 3.8) is 0 Å². The standard InChI is InChI=1S/C14H13ClN2O2/c1-19-14(18)13-8-12(5-6-16-13)17-9-10-3-2-4-11(15)7-10/h2-8H,9H2,1H3,(H,16,17). The molecule has 0 unspecified atom stereocenters. The number of methoxy groups -OCH3 is 1. The van der Waals surface area contributed by atoms with Crippen molar-refractivity contribution < 1.29 is 9.53 Å². The Morgan fingerprint density at radius 2 is 2.21 bits per heavy atom. The van der Waals surface area contributed by atoms with Crippen molar-refractivity contribution in [1.82, 2.24) is 4.98 Å². The van der Waals surface area contributed by atoms with E-state index in [9.17, 15) is 4.79 Å². The largest absolute Gasteiger partial charge is 0.464 e. The van der Waals surface area contributed by atoms with Gasteiger partial charge in [0.1, 0.15) is 5.69 Å². The Morgan fingerprint density at radius 1 is 1.37 bits per heavy atom. The van der Waals surface area contributed by atoms with E-state index in [1.807, 2.05) is 24.3 Å². The maximum absolute atomic E-state index is 11.4. The fourth-order valence-electron chi connectivity index (χ4n) is 1.61. The lowest BCUT2D eigenvalue weighted by molar-refractivity contribution is 0.0594. The highest BCUT2D eigenvalue weighted by Crippen LogP contribution is 2.14. The zero-order chi connectivity index (χ0) is 13.7. The lowest BCUT2D eigenvalue weighted by Crippen LogP contribution is -2.06. The number of hydrogen-bond acceptors (Lipinski definition) is 4. The molecule has 0 aliphatic rings. The minimum atomic E-state index is -0.452. The quantitative estimate of drug-likeness (QED) is 0.872. The van der Waals surface area contributed by atoms with Gasteiger partial charge < -0.3 is 10.1 Å². The summed E-state index contributed by atoms with van der Waals surface area (Å²) in [6.07, 6.45) is 1.56. The molecule has 1 aromatic carbocycles. The summed E-state index contributed by atoms with van der Waals surface area (Å²) in [4.78, 5) is 15.3. The number of esters is 1. The molecule has 0 saturated heterocycles. The Morgan fingerprint density at radius 3 is 2.95 bits per heavy atom. The Bertz CT molecular complexity index is 587. The van der Waals surface area contributed by atoms with Crippen LogP contribution in [0, 0.1) is 0 Å². The average molecular weight is 277 g/mol. The molecule has 0 saturated carbocycles. The van der Waals surface area contributed by atoms with E-state index < -0.39 is 5.97 Å². The first-order valence-electron chi connectivity index (χ1n) is 5.72. The highest BCUT2D eigenvalue weighted by Gasteiger charge is 2.07. The zero-order valence-corrected chi connectivity index (χ0v) is 11.1. The molecular formula is C14H13ClN2O2. The van der Waals surface area contributed by atoms with Crippen molar-refractivity contribution >= 4 is 23.3 Å². The molecule has 0 radical (unpaired) electrons. The third kappa shape index (κ3) is 3.69.